The number of nitrogens with zero attached hydrogens (tertiary/aromatic N) is 2. The zero-order valence-electron chi connectivity index (χ0n) is 20.3. The highest BCUT2D eigenvalue weighted by molar-refractivity contribution is 7.88. The molecule has 1 fully saturated rings. The van der Waals surface area contributed by atoms with Gasteiger partial charge in [0.05, 0.1) is 6.04 Å². The van der Waals surface area contributed by atoms with Crippen LogP contribution in [0.3, 0.4) is 0 Å². The first kappa shape index (κ1) is 31.0. The van der Waals surface area contributed by atoms with Crippen molar-refractivity contribution in [1.29, 1.82) is 0 Å². The SMILES string of the molecule is Nc1nccc2cc(CN3CC[C@H](N)C3=O)ccc12.O=C(O)C(F)(F)F.O=S(=O)(O)c1cc2ccc(Cl)cc2s1. The van der Waals surface area contributed by atoms with Crippen LogP contribution in [0, 0.1) is 0 Å². The normalized spacial score (nSPS) is 15.4. The van der Waals surface area contributed by atoms with Gasteiger partial charge in [0, 0.05) is 34.4 Å². The number of amides is 1. The van der Waals surface area contributed by atoms with Crippen molar-refractivity contribution in [3.05, 3.63) is 65.3 Å². The number of nitrogen functional groups attached to an aromatic ring is 1. The number of benzene rings is 2. The van der Waals surface area contributed by atoms with Crippen LogP contribution < -0.4 is 11.5 Å². The molecule has 6 N–H and O–H groups in total. The van der Waals surface area contributed by atoms with E-state index in [1.54, 1.807) is 29.3 Å². The largest absolute Gasteiger partial charge is 0.490 e. The van der Waals surface area contributed by atoms with Crippen LogP contribution in [0.15, 0.2) is 58.9 Å². The number of pyridine rings is 1. The molecule has 214 valence electrons. The molecule has 0 radical (unpaired) electrons. The van der Waals surface area contributed by atoms with Crippen molar-refractivity contribution in [2.75, 3.05) is 12.3 Å². The predicted molar refractivity (Wildman–Crippen MR) is 145 cm³/mol. The lowest BCUT2D eigenvalue weighted by atomic mass is 10.1. The molecule has 10 nitrogen and oxygen atoms in total. The number of carboxylic acids is 1. The lowest BCUT2D eigenvalue weighted by Gasteiger charge is -2.16. The lowest BCUT2D eigenvalue weighted by Crippen LogP contribution is -2.33. The Morgan fingerprint density at radius 3 is 2.40 bits per heavy atom. The Balaban J connectivity index is 0.000000185. The number of hydrogen-bond acceptors (Lipinski definition) is 8. The van der Waals surface area contributed by atoms with Gasteiger partial charge in [0.15, 0.2) is 0 Å². The quantitative estimate of drug-likeness (QED) is 0.244. The Morgan fingerprint density at radius 2 is 1.82 bits per heavy atom. The van der Waals surface area contributed by atoms with Gasteiger partial charge in [-0.3, -0.25) is 9.35 Å². The summed E-state index contributed by atoms with van der Waals surface area (Å²) in [6.45, 7) is 1.33. The number of carboxylic acid groups (broad SMARTS) is 1. The van der Waals surface area contributed by atoms with Crippen LogP contribution in [0.2, 0.25) is 5.02 Å². The number of fused-ring (bicyclic) bond motifs is 2. The molecule has 1 atom stereocenters. The van der Waals surface area contributed by atoms with E-state index in [1.807, 2.05) is 24.3 Å². The summed E-state index contributed by atoms with van der Waals surface area (Å²) < 4.78 is 62.9. The van der Waals surface area contributed by atoms with E-state index in [0.717, 1.165) is 50.7 Å². The summed E-state index contributed by atoms with van der Waals surface area (Å²) in [5.41, 5.74) is 12.6. The van der Waals surface area contributed by atoms with E-state index >= 15 is 0 Å². The number of carbonyl (C=O) groups is 2. The molecule has 16 heteroatoms. The van der Waals surface area contributed by atoms with Gasteiger partial charge in [0.2, 0.25) is 5.91 Å². The Morgan fingerprint density at radius 1 is 1.15 bits per heavy atom. The second-order valence-electron chi connectivity index (χ2n) is 8.43. The number of carbonyl (C=O) groups excluding carboxylic acids is 1. The van der Waals surface area contributed by atoms with Crippen LogP contribution >= 0.6 is 22.9 Å². The van der Waals surface area contributed by atoms with E-state index < -0.39 is 22.3 Å². The fraction of sp³-hybridized carbons (Fsp3) is 0.208. The van der Waals surface area contributed by atoms with Crippen LogP contribution in [0.4, 0.5) is 19.0 Å². The van der Waals surface area contributed by atoms with E-state index in [1.165, 1.54) is 6.07 Å². The molecule has 2 aromatic carbocycles. The van der Waals surface area contributed by atoms with Crippen LogP contribution in [0.5, 0.6) is 0 Å². The monoisotopic (exact) mass is 618 g/mol. The molecule has 5 rings (SSSR count). The highest BCUT2D eigenvalue weighted by atomic mass is 35.5. The minimum atomic E-state index is -5.08. The van der Waals surface area contributed by atoms with Crippen molar-refractivity contribution >= 4 is 71.6 Å². The number of aromatic nitrogens is 1. The topological polar surface area (TPSA) is 177 Å². The summed E-state index contributed by atoms with van der Waals surface area (Å²) in [5.74, 6) is -2.19. The van der Waals surface area contributed by atoms with Crippen molar-refractivity contribution < 1.29 is 40.8 Å². The molecular weight excluding hydrogens is 597 g/mol. The molecule has 1 aliphatic rings. The molecular formula is C24H22ClF3N4O6S2. The lowest BCUT2D eigenvalue weighted by molar-refractivity contribution is -0.192. The van der Waals surface area contributed by atoms with E-state index in [4.69, 9.17) is 37.5 Å². The maximum atomic E-state index is 11.8. The number of alkyl halides is 3. The van der Waals surface area contributed by atoms with Crippen LogP contribution in [-0.2, 0) is 26.3 Å². The van der Waals surface area contributed by atoms with Gasteiger partial charge in [-0.2, -0.15) is 21.6 Å². The number of likely N-dealkylation sites (tertiary alicyclic amines) is 1. The number of aliphatic carboxylic acids is 1. The minimum absolute atomic E-state index is 0.0364. The third kappa shape index (κ3) is 8.02. The van der Waals surface area contributed by atoms with Gasteiger partial charge in [0.25, 0.3) is 0 Å². The third-order valence-corrected chi connectivity index (χ3v) is 8.16. The van der Waals surface area contributed by atoms with Gasteiger partial charge in [0.1, 0.15) is 10.0 Å². The number of rotatable bonds is 3. The Kier molecular flexibility index (Phi) is 9.58. The smallest absolute Gasteiger partial charge is 0.475 e. The van der Waals surface area contributed by atoms with E-state index in [2.05, 4.69) is 4.98 Å². The number of thiophene rings is 1. The predicted octanol–water partition coefficient (Wildman–Crippen LogP) is 4.31. The average Bonchev–Trinajstić information content (AvgIpc) is 3.43. The summed E-state index contributed by atoms with van der Waals surface area (Å²) in [6.07, 6.45) is -2.65. The Labute approximate surface area is 234 Å². The molecule has 1 aliphatic heterocycles. The second-order valence-corrected chi connectivity index (χ2v) is 11.6. The molecule has 0 saturated carbocycles. The Bertz CT molecular complexity index is 1660. The molecule has 4 aromatic rings. The first-order chi connectivity index (χ1) is 18.6. The molecule has 2 aromatic heterocycles. The summed E-state index contributed by atoms with van der Waals surface area (Å²) in [7, 11) is -4.10. The van der Waals surface area contributed by atoms with Crippen LogP contribution in [-0.4, -0.2) is 58.6 Å². The second kappa shape index (κ2) is 12.3. The number of hydrogen-bond donors (Lipinski definition) is 4. The van der Waals surface area contributed by atoms with Gasteiger partial charge in [-0.25, -0.2) is 9.78 Å². The molecule has 0 unspecified atom stereocenters. The molecule has 40 heavy (non-hydrogen) atoms. The first-order valence-corrected chi connectivity index (χ1v) is 13.8. The van der Waals surface area contributed by atoms with Gasteiger partial charge in [-0.15, -0.1) is 11.3 Å². The molecule has 0 bridgehead atoms. The summed E-state index contributed by atoms with van der Waals surface area (Å²) in [6, 6.07) is 14.0. The van der Waals surface area contributed by atoms with E-state index in [-0.39, 0.29) is 16.2 Å². The highest BCUT2D eigenvalue weighted by Gasteiger charge is 2.38. The van der Waals surface area contributed by atoms with Crippen LogP contribution in [0.25, 0.3) is 20.9 Å². The zero-order chi connectivity index (χ0) is 29.8. The summed E-state index contributed by atoms with van der Waals surface area (Å²) >= 11 is 6.73. The Hall–Kier alpha value is -3.50. The maximum Gasteiger partial charge on any atom is 0.490 e. The van der Waals surface area contributed by atoms with E-state index in [9.17, 15) is 26.4 Å². The van der Waals surface area contributed by atoms with Crippen molar-refractivity contribution in [2.45, 2.75) is 29.4 Å². The van der Waals surface area contributed by atoms with Crippen molar-refractivity contribution in [1.82, 2.24) is 9.88 Å². The van der Waals surface area contributed by atoms with Crippen molar-refractivity contribution in [2.24, 2.45) is 5.73 Å². The molecule has 0 spiro atoms. The minimum Gasteiger partial charge on any atom is -0.475 e. The van der Waals surface area contributed by atoms with Crippen LogP contribution in [0.1, 0.15) is 12.0 Å². The molecule has 1 saturated heterocycles. The fourth-order valence-corrected chi connectivity index (χ4v) is 5.63. The summed E-state index contributed by atoms with van der Waals surface area (Å²) in [4.78, 5) is 26.6. The first-order valence-electron chi connectivity index (χ1n) is 11.2. The fourth-order valence-electron chi connectivity index (χ4n) is 3.60. The number of nitrogens with two attached hydrogens (primary N) is 2. The highest BCUT2D eigenvalue weighted by Crippen LogP contribution is 2.30. The van der Waals surface area contributed by atoms with Crippen molar-refractivity contribution in [3.63, 3.8) is 0 Å². The summed E-state index contributed by atoms with van der Waals surface area (Å²) in [5, 5.41) is 10.4. The average molecular weight is 619 g/mol. The zero-order valence-corrected chi connectivity index (χ0v) is 22.7. The molecule has 0 aliphatic carbocycles. The van der Waals surface area contributed by atoms with Gasteiger partial charge < -0.3 is 21.5 Å². The van der Waals surface area contributed by atoms with Gasteiger partial charge >= 0.3 is 22.3 Å². The molecule has 1 amide bonds. The standard InChI is InChI=1S/C14H16N4O.C8H5ClO3S2.C2HF3O2/c15-12-4-6-18(14(12)19)8-9-1-2-11-10(7-9)3-5-17-13(11)16;9-6-2-1-5-3-8(14(10,11)12)13-7(5)4-6;3-2(4,5)1(6)7/h1-3,5,7,12H,4,6,8,15H2,(H2,16,17);1-4H,(H,10,11,12);(H,6,7)/t12-;;/m0../s1. The van der Waals surface area contributed by atoms with E-state index in [0.29, 0.717) is 17.4 Å². The number of halogens is 4. The molecule has 3 heterocycles. The maximum absolute atomic E-state index is 11.8. The third-order valence-electron chi connectivity index (χ3n) is 5.53. The van der Waals surface area contributed by atoms with Crippen molar-refractivity contribution in [3.8, 4) is 0 Å². The van der Waals surface area contributed by atoms with Gasteiger partial charge in [-0.05, 0) is 53.1 Å². The van der Waals surface area contributed by atoms with Gasteiger partial charge in [-0.1, -0.05) is 29.8 Å². The number of anilines is 1.